The summed E-state index contributed by atoms with van der Waals surface area (Å²) in [5, 5.41) is 10.1. The minimum absolute atomic E-state index is 0.105. The first-order chi connectivity index (χ1) is 8.62. The van der Waals surface area contributed by atoms with Crippen molar-refractivity contribution in [1.82, 2.24) is 0 Å². The summed E-state index contributed by atoms with van der Waals surface area (Å²) < 4.78 is 5.89. The molecule has 0 saturated heterocycles. The molecule has 0 heterocycles. The van der Waals surface area contributed by atoms with Gasteiger partial charge in [0.15, 0.2) is 0 Å². The molecule has 18 heavy (non-hydrogen) atoms. The van der Waals surface area contributed by atoms with Gasteiger partial charge in [0.25, 0.3) is 0 Å². The molecule has 0 radical (unpaired) electrons. The maximum atomic E-state index is 10.1. The zero-order chi connectivity index (χ0) is 13.0. The van der Waals surface area contributed by atoms with Crippen molar-refractivity contribution in [2.45, 2.75) is 44.5 Å². The average Bonchev–Trinajstić information content (AvgIpc) is 2.38. The van der Waals surface area contributed by atoms with Gasteiger partial charge in [0.1, 0.15) is 0 Å². The molecule has 2 heteroatoms. The Morgan fingerprint density at radius 2 is 2.17 bits per heavy atom. The monoisotopic (exact) mass is 244 g/mol. The third-order valence-corrected chi connectivity index (χ3v) is 3.75. The molecule has 1 aromatic carbocycles. The summed E-state index contributed by atoms with van der Waals surface area (Å²) in [5.41, 5.74) is 0.438. The molecule has 1 N–H and O–H groups in total. The highest BCUT2D eigenvalue weighted by Crippen LogP contribution is 2.34. The van der Waals surface area contributed by atoms with Crippen LogP contribution in [0.1, 0.15) is 31.7 Å². The van der Waals surface area contributed by atoms with Gasteiger partial charge in [0.2, 0.25) is 0 Å². The first-order valence-electron chi connectivity index (χ1n) is 6.46. The van der Waals surface area contributed by atoms with Gasteiger partial charge in [-0.25, -0.2) is 0 Å². The van der Waals surface area contributed by atoms with Crippen molar-refractivity contribution in [3.05, 3.63) is 35.9 Å². The molecule has 3 atom stereocenters. The smallest absolute Gasteiger partial charge is 0.0758 e. The molecule has 0 unspecified atom stereocenters. The van der Waals surface area contributed by atoms with Crippen LogP contribution < -0.4 is 0 Å². The number of aliphatic hydroxyl groups is 1. The van der Waals surface area contributed by atoms with Crippen LogP contribution in [0, 0.1) is 18.3 Å². The van der Waals surface area contributed by atoms with Gasteiger partial charge in [-0.05, 0) is 31.7 Å². The predicted molar refractivity (Wildman–Crippen MR) is 71.8 cm³/mol. The van der Waals surface area contributed by atoms with Crippen LogP contribution >= 0.6 is 0 Å². The lowest BCUT2D eigenvalue weighted by atomic mass is 9.76. The number of ether oxygens (including phenoxy) is 1. The highest BCUT2D eigenvalue weighted by Gasteiger charge is 2.37. The quantitative estimate of drug-likeness (QED) is 0.828. The van der Waals surface area contributed by atoms with Crippen LogP contribution in [0.15, 0.2) is 30.3 Å². The molecule has 2 rings (SSSR count). The van der Waals surface area contributed by atoms with Crippen molar-refractivity contribution in [3.63, 3.8) is 0 Å². The molecular weight excluding hydrogens is 224 g/mol. The van der Waals surface area contributed by atoms with Crippen LogP contribution in [-0.4, -0.2) is 16.8 Å². The van der Waals surface area contributed by atoms with E-state index in [1.54, 1.807) is 0 Å². The maximum Gasteiger partial charge on any atom is 0.0758 e. The van der Waals surface area contributed by atoms with Gasteiger partial charge in [-0.2, -0.15) is 0 Å². The number of terminal acetylenes is 1. The van der Waals surface area contributed by atoms with Crippen LogP contribution in [0.5, 0.6) is 0 Å². The fraction of sp³-hybridized carbons (Fsp3) is 0.500. The second-order valence-electron chi connectivity index (χ2n) is 5.27. The Morgan fingerprint density at radius 1 is 1.44 bits per heavy atom. The Morgan fingerprint density at radius 3 is 2.83 bits per heavy atom. The van der Waals surface area contributed by atoms with Crippen molar-refractivity contribution < 1.29 is 9.84 Å². The average molecular weight is 244 g/mol. The van der Waals surface area contributed by atoms with Crippen molar-refractivity contribution >= 4 is 0 Å². The van der Waals surface area contributed by atoms with Crippen LogP contribution in [0.4, 0.5) is 0 Å². The fourth-order valence-electron chi connectivity index (χ4n) is 2.45. The van der Waals surface area contributed by atoms with Gasteiger partial charge in [-0.15, -0.1) is 12.3 Å². The summed E-state index contributed by atoms with van der Waals surface area (Å²) in [6.07, 6.45) is 7.97. The lowest BCUT2D eigenvalue weighted by molar-refractivity contribution is -0.0733. The molecule has 96 valence electrons. The molecule has 1 aliphatic rings. The van der Waals surface area contributed by atoms with Crippen molar-refractivity contribution in [2.24, 2.45) is 5.92 Å². The normalized spacial score (nSPS) is 31.8. The van der Waals surface area contributed by atoms with Gasteiger partial charge in [0, 0.05) is 0 Å². The molecule has 1 aliphatic carbocycles. The number of hydrogen-bond donors (Lipinski definition) is 1. The Bertz CT molecular complexity index is 416. The second kappa shape index (κ2) is 5.56. The van der Waals surface area contributed by atoms with E-state index in [1.807, 2.05) is 25.1 Å². The Hall–Kier alpha value is -1.30. The highest BCUT2D eigenvalue weighted by atomic mass is 16.5. The summed E-state index contributed by atoms with van der Waals surface area (Å²) in [5.74, 6) is 2.59. The first-order valence-corrected chi connectivity index (χ1v) is 6.46. The number of benzene rings is 1. The molecule has 1 aromatic rings. The highest BCUT2D eigenvalue weighted by molar-refractivity contribution is 5.13. The van der Waals surface area contributed by atoms with Gasteiger partial charge >= 0.3 is 0 Å². The summed E-state index contributed by atoms with van der Waals surface area (Å²) >= 11 is 0. The van der Waals surface area contributed by atoms with Crippen LogP contribution in [-0.2, 0) is 11.3 Å². The molecule has 0 amide bonds. The van der Waals surface area contributed by atoms with E-state index in [1.165, 1.54) is 5.56 Å². The van der Waals surface area contributed by atoms with E-state index in [0.29, 0.717) is 13.0 Å². The molecule has 2 nitrogen and oxygen atoms in total. The zero-order valence-electron chi connectivity index (χ0n) is 10.8. The first kappa shape index (κ1) is 13.1. The number of hydrogen-bond acceptors (Lipinski definition) is 2. The SMILES string of the molecule is C#C[C@@H]1C[C@@H](OCc2ccccc2)CC[C@@]1(C)O. The summed E-state index contributed by atoms with van der Waals surface area (Å²) in [4.78, 5) is 0. The Labute approximate surface area is 109 Å². The van der Waals surface area contributed by atoms with E-state index in [0.717, 1.165) is 12.8 Å². The summed E-state index contributed by atoms with van der Waals surface area (Å²) in [6.45, 7) is 2.44. The largest absolute Gasteiger partial charge is 0.389 e. The number of rotatable bonds is 3. The molecule has 0 spiro atoms. The molecule has 1 saturated carbocycles. The molecule has 0 aliphatic heterocycles. The molecule has 1 fully saturated rings. The van der Waals surface area contributed by atoms with Crippen LogP contribution in [0.25, 0.3) is 0 Å². The van der Waals surface area contributed by atoms with Gasteiger partial charge in [-0.3, -0.25) is 0 Å². The van der Waals surface area contributed by atoms with Gasteiger partial charge in [0.05, 0.1) is 24.2 Å². The van der Waals surface area contributed by atoms with E-state index in [4.69, 9.17) is 11.2 Å². The lowest BCUT2D eigenvalue weighted by Gasteiger charge is -2.38. The van der Waals surface area contributed by atoms with Crippen molar-refractivity contribution in [2.75, 3.05) is 0 Å². The van der Waals surface area contributed by atoms with Gasteiger partial charge in [-0.1, -0.05) is 30.3 Å². The maximum absolute atomic E-state index is 10.1. The third-order valence-electron chi connectivity index (χ3n) is 3.75. The van der Waals surface area contributed by atoms with E-state index >= 15 is 0 Å². The minimum atomic E-state index is -0.735. The lowest BCUT2D eigenvalue weighted by Crippen LogP contribution is -2.41. The molecule has 0 aromatic heterocycles. The van der Waals surface area contributed by atoms with Crippen molar-refractivity contribution in [1.29, 1.82) is 0 Å². The van der Waals surface area contributed by atoms with Gasteiger partial charge < -0.3 is 9.84 Å². The van der Waals surface area contributed by atoms with E-state index in [-0.39, 0.29) is 12.0 Å². The Balaban J connectivity index is 1.87. The fourth-order valence-corrected chi connectivity index (χ4v) is 2.45. The van der Waals surface area contributed by atoms with E-state index < -0.39 is 5.60 Å². The van der Waals surface area contributed by atoms with Crippen LogP contribution in [0.3, 0.4) is 0 Å². The standard InChI is InChI=1S/C16H20O2/c1-3-14-11-15(9-10-16(14,2)17)18-12-13-7-5-4-6-8-13/h1,4-8,14-15,17H,9-12H2,2H3/t14-,15+,16-/m1/s1. The van der Waals surface area contributed by atoms with E-state index in [2.05, 4.69) is 18.1 Å². The Kier molecular flexibility index (Phi) is 4.06. The topological polar surface area (TPSA) is 29.5 Å². The summed E-state index contributed by atoms with van der Waals surface area (Å²) in [6, 6.07) is 10.1. The summed E-state index contributed by atoms with van der Waals surface area (Å²) in [7, 11) is 0. The predicted octanol–water partition coefficient (Wildman–Crippen LogP) is 2.76. The van der Waals surface area contributed by atoms with E-state index in [9.17, 15) is 5.11 Å². The third kappa shape index (κ3) is 3.13. The zero-order valence-corrected chi connectivity index (χ0v) is 10.8. The molecule has 0 bridgehead atoms. The van der Waals surface area contributed by atoms with Crippen molar-refractivity contribution in [3.8, 4) is 12.3 Å². The van der Waals surface area contributed by atoms with Crippen LogP contribution in [0.2, 0.25) is 0 Å². The minimum Gasteiger partial charge on any atom is -0.389 e. The second-order valence-corrected chi connectivity index (χ2v) is 5.27. The molecular formula is C16H20O2.